The molecule has 0 saturated carbocycles. The fourth-order valence-electron chi connectivity index (χ4n) is 2.05. The Morgan fingerprint density at radius 1 is 1.18 bits per heavy atom. The van der Waals surface area contributed by atoms with Crippen LogP contribution in [-0.2, 0) is 10.5 Å². The third-order valence-electron chi connectivity index (χ3n) is 3.03. The van der Waals surface area contributed by atoms with Crippen molar-refractivity contribution in [2.75, 3.05) is 18.8 Å². The number of nitrogens with zero attached hydrogens (tertiary/aromatic N) is 1. The molecule has 92 valence electrons. The molecule has 0 aromatic heterocycles. The summed E-state index contributed by atoms with van der Waals surface area (Å²) in [5.74, 6) is 2.28. The van der Waals surface area contributed by atoms with Crippen molar-refractivity contribution < 1.29 is 4.79 Å². The molecule has 0 unspecified atom stereocenters. The third kappa shape index (κ3) is 4.08. The van der Waals surface area contributed by atoms with Gasteiger partial charge in [-0.3, -0.25) is 4.79 Å². The Balaban J connectivity index is 1.61. The van der Waals surface area contributed by atoms with E-state index < -0.39 is 0 Å². The van der Waals surface area contributed by atoms with Gasteiger partial charge in [0.05, 0.1) is 0 Å². The summed E-state index contributed by atoms with van der Waals surface area (Å²) in [6, 6.07) is 10.4. The van der Waals surface area contributed by atoms with Crippen molar-refractivity contribution in [2.45, 2.75) is 25.0 Å². The molecule has 1 saturated heterocycles. The smallest absolute Gasteiger partial charge is 0.223 e. The number of thioether (sulfide) groups is 1. The molecule has 2 rings (SSSR count). The Morgan fingerprint density at radius 2 is 1.88 bits per heavy atom. The minimum absolute atomic E-state index is 0.336. The lowest BCUT2D eigenvalue weighted by Gasteiger charge is -2.14. The molecule has 0 radical (unpaired) electrons. The van der Waals surface area contributed by atoms with Crippen molar-refractivity contribution in [3.63, 3.8) is 0 Å². The number of amides is 1. The third-order valence-corrected chi connectivity index (χ3v) is 4.06. The van der Waals surface area contributed by atoms with E-state index in [2.05, 4.69) is 24.3 Å². The molecular formula is C14H19NOS. The largest absolute Gasteiger partial charge is 0.343 e. The van der Waals surface area contributed by atoms with Gasteiger partial charge in [-0.1, -0.05) is 30.3 Å². The summed E-state index contributed by atoms with van der Waals surface area (Å²) in [6.45, 7) is 1.95. The van der Waals surface area contributed by atoms with E-state index in [-0.39, 0.29) is 0 Å². The molecule has 0 N–H and O–H groups in total. The number of rotatable bonds is 5. The van der Waals surface area contributed by atoms with E-state index in [1.807, 2.05) is 22.7 Å². The predicted octanol–water partition coefficient (Wildman–Crippen LogP) is 2.93. The molecule has 1 heterocycles. The van der Waals surface area contributed by atoms with Gasteiger partial charge in [-0.05, 0) is 18.4 Å². The second kappa shape index (κ2) is 6.70. The van der Waals surface area contributed by atoms with Crippen LogP contribution in [0, 0.1) is 0 Å². The zero-order valence-electron chi connectivity index (χ0n) is 10.1. The van der Waals surface area contributed by atoms with Gasteiger partial charge in [-0.25, -0.2) is 0 Å². The van der Waals surface area contributed by atoms with Crippen LogP contribution in [0.1, 0.15) is 24.8 Å². The highest BCUT2D eigenvalue weighted by Gasteiger charge is 2.16. The standard InChI is InChI=1S/C14H19NOS/c16-14(15-9-4-5-10-15)8-11-17-12-13-6-2-1-3-7-13/h1-3,6-7H,4-5,8-12H2. The van der Waals surface area contributed by atoms with Gasteiger partial charge < -0.3 is 4.90 Å². The highest BCUT2D eigenvalue weighted by molar-refractivity contribution is 7.98. The highest BCUT2D eigenvalue weighted by atomic mass is 32.2. The Kier molecular flexibility index (Phi) is 4.92. The summed E-state index contributed by atoms with van der Waals surface area (Å²) >= 11 is 1.85. The van der Waals surface area contributed by atoms with Gasteiger partial charge in [0.25, 0.3) is 0 Å². The highest BCUT2D eigenvalue weighted by Crippen LogP contribution is 2.15. The van der Waals surface area contributed by atoms with Crippen molar-refractivity contribution in [1.82, 2.24) is 4.90 Å². The minimum atomic E-state index is 0.336. The maximum atomic E-state index is 11.8. The lowest BCUT2D eigenvalue weighted by Crippen LogP contribution is -2.27. The number of carbonyl (C=O) groups excluding carboxylic acids is 1. The van der Waals surface area contributed by atoms with E-state index in [0.29, 0.717) is 12.3 Å². The summed E-state index contributed by atoms with van der Waals surface area (Å²) in [6.07, 6.45) is 3.06. The zero-order chi connectivity index (χ0) is 11.9. The molecule has 1 amide bonds. The molecule has 1 aromatic rings. The zero-order valence-corrected chi connectivity index (χ0v) is 10.9. The normalized spacial score (nSPS) is 15.2. The predicted molar refractivity (Wildman–Crippen MR) is 73.0 cm³/mol. The average molecular weight is 249 g/mol. The van der Waals surface area contributed by atoms with Gasteiger partial charge >= 0.3 is 0 Å². The Bertz CT molecular complexity index is 346. The Morgan fingerprint density at radius 3 is 2.59 bits per heavy atom. The molecule has 1 fully saturated rings. The monoisotopic (exact) mass is 249 g/mol. The molecule has 0 bridgehead atoms. The van der Waals surface area contributed by atoms with Crippen LogP contribution >= 0.6 is 11.8 Å². The molecule has 0 atom stereocenters. The average Bonchev–Trinajstić information content (AvgIpc) is 2.89. The summed E-state index contributed by atoms with van der Waals surface area (Å²) in [5.41, 5.74) is 1.34. The summed E-state index contributed by atoms with van der Waals surface area (Å²) in [5, 5.41) is 0. The van der Waals surface area contributed by atoms with Gasteiger partial charge in [-0.15, -0.1) is 0 Å². The van der Waals surface area contributed by atoms with E-state index in [1.165, 1.54) is 18.4 Å². The van der Waals surface area contributed by atoms with Crippen LogP contribution in [0.2, 0.25) is 0 Å². The second-order valence-corrected chi connectivity index (χ2v) is 5.48. The van der Waals surface area contributed by atoms with Crippen molar-refractivity contribution in [2.24, 2.45) is 0 Å². The van der Waals surface area contributed by atoms with Crippen molar-refractivity contribution in [1.29, 1.82) is 0 Å². The molecule has 0 spiro atoms. The minimum Gasteiger partial charge on any atom is -0.343 e. The number of hydrogen-bond donors (Lipinski definition) is 0. The summed E-state index contributed by atoms with van der Waals surface area (Å²) < 4.78 is 0. The van der Waals surface area contributed by atoms with Crippen molar-refractivity contribution in [3.05, 3.63) is 35.9 Å². The SMILES string of the molecule is O=C(CCSCc1ccccc1)N1CCCC1. The fourth-order valence-corrected chi connectivity index (χ4v) is 2.94. The van der Waals surface area contributed by atoms with E-state index in [0.717, 1.165) is 24.6 Å². The van der Waals surface area contributed by atoms with Gasteiger partial charge in [0.15, 0.2) is 0 Å². The van der Waals surface area contributed by atoms with Gasteiger partial charge in [0, 0.05) is 31.0 Å². The quantitative estimate of drug-likeness (QED) is 0.748. The van der Waals surface area contributed by atoms with Crippen LogP contribution < -0.4 is 0 Å². The van der Waals surface area contributed by atoms with Gasteiger partial charge in [0.2, 0.25) is 5.91 Å². The number of carbonyl (C=O) groups is 1. The molecular weight excluding hydrogens is 230 g/mol. The van der Waals surface area contributed by atoms with Crippen molar-refractivity contribution >= 4 is 17.7 Å². The first-order valence-corrected chi connectivity index (χ1v) is 7.41. The molecule has 0 aliphatic carbocycles. The topological polar surface area (TPSA) is 20.3 Å². The van der Waals surface area contributed by atoms with Crippen LogP contribution in [0.25, 0.3) is 0 Å². The maximum absolute atomic E-state index is 11.8. The van der Waals surface area contributed by atoms with E-state index >= 15 is 0 Å². The van der Waals surface area contributed by atoms with Crippen LogP contribution in [0.15, 0.2) is 30.3 Å². The number of likely N-dealkylation sites (tertiary alicyclic amines) is 1. The lowest BCUT2D eigenvalue weighted by molar-refractivity contribution is -0.129. The van der Waals surface area contributed by atoms with Crippen LogP contribution in [0.5, 0.6) is 0 Å². The number of benzene rings is 1. The molecule has 1 aliphatic rings. The second-order valence-electron chi connectivity index (χ2n) is 4.38. The van der Waals surface area contributed by atoms with Crippen LogP contribution in [0.3, 0.4) is 0 Å². The maximum Gasteiger partial charge on any atom is 0.223 e. The van der Waals surface area contributed by atoms with E-state index in [9.17, 15) is 4.79 Å². The molecule has 2 nitrogen and oxygen atoms in total. The first kappa shape index (κ1) is 12.5. The lowest BCUT2D eigenvalue weighted by atomic mass is 10.2. The first-order valence-electron chi connectivity index (χ1n) is 6.26. The molecule has 1 aliphatic heterocycles. The van der Waals surface area contributed by atoms with E-state index in [1.54, 1.807) is 0 Å². The Labute approximate surface area is 107 Å². The Hall–Kier alpha value is -0.960. The molecule has 3 heteroatoms. The van der Waals surface area contributed by atoms with Gasteiger partial charge in [0.1, 0.15) is 0 Å². The number of hydrogen-bond acceptors (Lipinski definition) is 2. The molecule has 17 heavy (non-hydrogen) atoms. The first-order chi connectivity index (χ1) is 8.36. The van der Waals surface area contributed by atoms with Crippen LogP contribution in [0.4, 0.5) is 0 Å². The summed E-state index contributed by atoms with van der Waals surface area (Å²) in [7, 11) is 0. The fraction of sp³-hybridized carbons (Fsp3) is 0.500. The van der Waals surface area contributed by atoms with Gasteiger partial charge in [-0.2, -0.15) is 11.8 Å². The van der Waals surface area contributed by atoms with Crippen molar-refractivity contribution in [3.8, 4) is 0 Å². The van der Waals surface area contributed by atoms with Crippen LogP contribution in [-0.4, -0.2) is 29.6 Å². The molecule has 1 aromatic carbocycles. The summed E-state index contributed by atoms with van der Waals surface area (Å²) in [4.78, 5) is 13.8. The van der Waals surface area contributed by atoms with E-state index in [4.69, 9.17) is 0 Å².